The van der Waals surface area contributed by atoms with Crippen molar-refractivity contribution in [3.05, 3.63) is 58.7 Å². The average Bonchev–Trinajstić information content (AvgIpc) is 2.49. The van der Waals surface area contributed by atoms with Gasteiger partial charge in [-0.25, -0.2) is 4.79 Å². The van der Waals surface area contributed by atoms with Crippen LogP contribution in [0.5, 0.6) is 11.5 Å². The summed E-state index contributed by atoms with van der Waals surface area (Å²) in [5, 5.41) is 19.5. The number of carbonyl (C=O) groups excluding carboxylic acids is 1. The predicted molar refractivity (Wildman–Crippen MR) is 83.5 cm³/mol. The number of phenols is 2. The molecular weight excluding hydrogens is 296 g/mol. The summed E-state index contributed by atoms with van der Waals surface area (Å²) in [7, 11) is 0. The predicted octanol–water partition coefficient (Wildman–Crippen LogP) is 3.51. The Morgan fingerprint density at radius 1 is 0.913 bits per heavy atom. The van der Waals surface area contributed by atoms with E-state index in [0.29, 0.717) is 0 Å². The van der Waals surface area contributed by atoms with Gasteiger partial charge in [0, 0.05) is 0 Å². The summed E-state index contributed by atoms with van der Waals surface area (Å²) in [6, 6.07) is 10.5. The van der Waals surface area contributed by atoms with Gasteiger partial charge in [0.25, 0.3) is 6.29 Å². The first-order valence-electron chi connectivity index (χ1n) is 7.30. The summed E-state index contributed by atoms with van der Waals surface area (Å²) >= 11 is 0. The summed E-state index contributed by atoms with van der Waals surface area (Å²) in [6.45, 7) is 5.51. The Kier molecular flexibility index (Phi) is 3.43. The van der Waals surface area contributed by atoms with Gasteiger partial charge >= 0.3 is 6.16 Å². The van der Waals surface area contributed by atoms with Crippen molar-refractivity contribution in [2.24, 2.45) is 0 Å². The Balaban J connectivity index is 2.15. The van der Waals surface area contributed by atoms with Crippen LogP contribution in [-0.4, -0.2) is 22.7 Å². The van der Waals surface area contributed by atoms with Gasteiger partial charge in [0.1, 0.15) is 11.5 Å². The van der Waals surface area contributed by atoms with Crippen LogP contribution in [0.4, 0.5) is 4.79 Å². The first-order chi connectivity index (χ1) is 10.8. The number of carbonyl (C=O) groups is 1. The highest BCUT2D eigenvalue weighted by molar-refractivity contribution is 5.66. The summed E-state index contributed by atoms with van der Waals surface area (Å²) in [6.07, 6.45) is -1.46. The molecule has 0 spiro atoms. The Labute approximate surface area is 134 Å². The fourth-order valence-corrected chi connectivity index (χ4v) is 2.82. The highest BCUT2D eigenvalue weighted by Crippen LogP contribution is 2.42. The highest BCUT2D eigenvalue weighted by atomic mass is 16.9. The molecule has 23 heavy (non-hydrogen) atoms. The molecular formula is C18H18O5. The van der Waals surface area contributed by atoms with Gasteiger partial charge in [-0.15, -0.1) is 0 Å². The largest absolute Gasteiger partial charge is 0.514 e. The molecule has 0 bridgehead atoms. The number of hydrogen-bond donors (Lipinski definition) is 2. The molecule has 0 aromatic heterocycles. The second-order valence-corrected chi connectivity index (χ2v) is 6.02. The zero-order valence-corrected chi connectivity index (χ0v) is 13.2. The molecule has 2 aromatic rings. The third-order valence-corrected chi connectivity index (χ3v) is 4.47. The normalized spacial score (nSPS) is 14.8. The zero-order chi connectivity index (χ0) is 16.8. The molecule has 0 aliphatic carbocycles. The molecule has 0 radical (unpaired) electrons. The lowest BCUT2D eigenvalue weighted by atomic mass is 9.74. The van der Waals surface area contributed by atoms with Gasteiger partial charge < -0.3 is 19.7 Å². The van der Waals surface area contributed by atoms with Crippen LogP contribution < -0.4 is 0 Å². The molecule has 3 rings (SSSR count). The van der Waals surface area contributed by atoms with Crippen molar-refractivity contribution in [2.45, 2.75) is 32.5 Å². The van der Waals surface area contributed by atoms with E-state index in [-0.39, 0.29) is 11.5 Å². The Morgan fingerprint density at radius 3 is 1.70 bits per heavy atom. The summed E-state index contributed by atoms with van der Waals surface area (Å²) in [4.78, 5) is 11.1. The lowest BCUT2D eigenvalue weighted by molar-refractivity contribution is -0.207. The Bertz CT molecular complexity index is 721. The maximum atomic E-state index is 11.1. The number of hydrogen-bond acceptors (Lipinski definition) is 5. The summed E-state index contributed by atoms with van der Waals surface area (Å²) < 4.78 is 10.3. The minimum Gasteiger partial charge on any atom is -0.508 e. The van der Waals surface area contributed by atoms with Gasteiger partial charge in [-0.3, -0.25) is 0 Å². The van der Waals surface area contributed by atoms with Crippen molar-refractivity contribution in [1.82, 2.24) is 0 Å². The van der Waals surface area contributed by atoms with E-state index in [4.69, 9.17) is 9.47 Å². The third-order valence-electron chi connectivity index (χ3n) is 4.47. The van der Waals surface area contributed by atoms with Crippen LogP contribution in [0, 0.1) is 13.8 Å². The van der Waals surface area contributed by atoms with Gasteiger partial charge in [-0.2, -0.15) is 0 Å². The molecule has 1 fully saturated rings. The number of cyclic esters (lactones) is 2. The van der Waals surface area contributed by atoms with E-state index >= 15 is 0 Å². The smallest absolute Gasteiger partial charge is 0.508 e. The minimum atomic E-state index is -0.761. The van der Waals surface area contributed by atoms with E-state index in [2.05, 4.69) is 0 Å². The van der Waals surface area contributed by atoms with E-state index < -0.39 is 17.9 Å². The van der Waals surface area contributed by atoms with E-state index in [9.17, 15) is 15.0 Å². The van der Waals surface area contributed by atoms with Crippen LogP contribution in [0.15, 0.2) is 36.4 Å². The maximum Gasteiger partial charge on any atom is 0.514 e. The standard InChI is InChI=1S/C18H18O5/c1-10-8-12(4-6-14(10)19)18(3,16-22-17(21)23-16)13-5-7-15(20)11(2)9-13/h4-9,16,19-20H,1-3H3. The molecule has 1 aliphatic heterocycles. The lowest BCUT2D eigenvalue weighted by Crippen LogP contribution is -2.51. The number of phenolic OH excluding ortho intramolecular Hbond substituents is 2. The highest BCUT2D eigenvalue weighted by Gasteiger charge is 2.49. The SMILES string of the molecule is Cc1cc(C(C)(c2ccc(O)c(C)c2)C2OC(=O)O2)ccc1O. The van der Waals surface area contributed by atoms with Gasteiger partial charge in [0.05, 0.1) is 5.41 Å². The summed E-state index contributed by atoms with van der Waals surface area (Å²) in [5.41, 5.74) is 2.36. The number of benzene rings is 2. The fraction of sp³-hybridized carbons (Fsp3) is 0.278. The average molecular weight is 314 g/mol. The van der Waals surface area contributed by atoms with Crippen LogP contribution in [-0.2, 0) is 14.9 Å². The van der Waals surface area contributed by atoms with Crippen LogP contribution in [0.3, 0.4) is 0 Å². The van der Waals surface area contributed by atoms with Gasteiger partial charge in [0.15, 0.2) is 0 Å². The van der Waals surface area contributed by atoms with Crippen molar-refractivity contribution >= 4 is 6.16 Å². The number of aryl methyl sites for hydroxylation is 2. The molecule has 2 N–H and O–H groups in total. The lowest BCUT2D eigenvalue weighted by Gasteiger charge is -2.41. The quantitative estimate of drug-likeness (QED) is 0.848. The topological polar surface area (TPSA) is 76.0 Å². The minimum absolute atomic E-state index is 0.199. The van der Waals surface area contributed by atoms with E-state index in [1.807, 2.05) is 19.1 Å². The van der Waals surface area contributed by atoms with Crippen LogP contribution >= 0.6 is 0 Å². The number of aromatic hydroxyl groups is 2. The molecule has 120 valence electrons. The molecule has 0 saturated carbocycles. The van der Waals surface area contributed by atoms with E-state index in [1.165, 1.54) is 0 Å². The van der Waals surface area contributed by atoms with Gasteiger partial charge in [-0.05, 0) is 55.2 Å². The van der Waals surface area contributed by atoms with Crippen molar-refractivity contribution in [3.8, 4) is 11.5 Å². The molecule has 0 amide bonds. The summed E-state index contributed by atoms with van der Waals surface area (Å²) in [5.74, 6) is 0.397. The molecule has 5 heteroatoms. The molecule has 0 atom stereocenters. The van der Waals surface area contributed by atoms with Crippen LogP contribution in [0.1, 0.15) is 29.2 Å². The van der Waals surface area contributed by atoms with E-state index in [0.717, 1.165) is 22.3 Å². The monoisotopic (exact) mass is 314 g/mol. The van der Waals surface area contributed by atoms with Gasteiger partial charge in [-0.1, -0.05) is 24.3 Å². The fourth-order valence-electron chi connectivity index (χ4n) is 2.82. The molecule has 2 aromatic carbocycles. The Hall–Kier alpha value is -2.69. The first kappa shape index (κ1) is 15.2. The molecule has 1 heterocycles. The van der Waals surface area contributed by atoms with Crippen molar-refractivity contribution in [1.29, 1.82) is 0 Å². The zero-order valence-electron chi connectivity index (χ0n) is 13.2. The number of rotatable bonds is 3. The first-order valence-corrected chi connectivity index (χ1v) is 7.30. The number of ether oxygens (including phenoxy) is 2. The second kappa shape index (κ2) is 5.19. The second-order valence-electron chi connectivity index (χ2n) is 6.02. The molecule has 1 aliphatic rings. The Morgan fingerprint density at radius 2 is 1.35 bits per heavy atom. The van der Waals surface area contributed by atoms with Crippen LogP contribution in [0.2, 0.25) is 0 Å². The molecule has 5 nitrogen and oxygen atoms in total. The van der Waals surface area contributed by atoms with Crippen LogP contribution in [0.25, 0.3) is 0 Å². The van der Waals surface area contributed by atoms with E-state index in [1.54, 1.807) is 38.1 Å². The maximum absolute atomic E-state index is 11.1. The third kappa shape index (κ3) is 2.38. The molecule has 1 saturated heterocycles. The van der Waals surface area contributed by atoms with Crippen molar-refractivity contribution < 1.29 is 24.5 Å². The molecule has 0 unspecified atom stereocenters. The van der Waals surface area contributed by atoms with Crippen molar-refractivity contribution in [3.63, 3.8) is 0 Å². The van der Waals surface area contributed by atoms with Gasteiger partial charge in [0.2, 0.25) is 0 Å². The van der Waals surface area contributed by atoms with Crippen molar-refractivity contribution in [2.75, 3.05) is 0 Å².